The van der Waals surface area contributed by atoms with Crippen LogP contribution in [0.4, 0.5) is 0 Å². The second kappa shape index (κ2) is 9.78. The van der Waals surface area contributed by atoms with Crippen LogP contribution in [0.15, 0.2) is 101 Å². The van der Waals surface area contributed by atoms with Gasteiger partial charge in [0.25, 0.3) is 5.91 Å². The Kier molecular flexibility index (Phi) is 6.45. The molecule has 154 valence electrons. The van der Waals surface area contributed by atoms with Crippen molar-refractivity contribution < 1.29 is 13.9 Å². The molecule has 0 aliphatic carbocycles. The summed E-state index contributed by atoms with van der Waals surface area (Å²) < 4.78 is 11.2. The molecular formula is C25H19ClN2O3. The molecule has 0 atom stereocenters. The standard InChI is InChI=1S/C25H19ClN2O3/c26-23-9-5-4-8-22(23)24-15-14-21(31-24)16-27-28-25(29)17-30-20-12-10-19(11-13-20)18-6-2-1-3-7-18/h1-16H,17H2,(H,28,29). The van der Waals surface area contributed by atoms with Crippen LogP contribution in [-0.2, 0) is 4.79 Å². The Labute approximate surface area is 184 Å². The van der Waals surface area contributed by atoms with Gasteiger partial charge in [-0.3, -0.25) is 4.79 Å². The molecule has 0 aliphatic heterocycles. The SMILES string of the molecule is O=C(COc1ccc(-c2ccccc2)cc1)NN=Cc1ccc(-c2ccccc2Cl)o1. The molecular weight excluding hydrogens is 412 g/mol. The van der Waals surface area contributed by atoms with Crippen molar-refractivity contribution in [3.05, 3.63) is 102 Å². The third-order valence-electron chi connectivity index (χ3n) is 4.48. The van der Waals surface area contributed by atoms with Crippen LogP contribution in [0.25, 0.3) is 22.5 Å². The van der Waals surface area contributed by atoms with E-state index >= 15 is 0 Å². The molecule has 1 heterocycles. The number of halogens is 1. The van der Waals surface area contributed by atoms with Gasteiger partial charge in [-0.2, -0.15) is 5.10 Å². The summed E-state index contributed by atoms with van der Waals surface area (Å²) in [5.74, 6) is 1.35. The highest BCUT2D eigenvalue weighted by Crippen LogP contribution is 2.28. The highest BCUT2D eigenvalue weighted by molar-refractivity contribution is 6.33. The molecule has 31 heavy (non-hydrogen) atoms. The molecule has 6 heteroatoms. The van der Waals surface area contributed by atoms with Gasteiger partial charge in [-0.25, -0.2) is 5.43 Å². The van der Waals surface area contributed by atoms with E-state index in [0.717, 1.165) is 16.7 Å². The van der Waals surface area contributed by atoms with Crippen molar-refractivity contribution in [2.24, 2.45) is 5.10 Å². The Balaban J connectivity index is 1.27. The van der Waals surface area contributed by atoms with Crippen molar-refractivity contribution >= 4 is 23.7 Å². The lowest BCUT2D eigenvalue weighted by Gasteiger charge is -2.06. The average molecular weight is 431 g/mol. The lowest BCUT2D eigenvalue weighted by molar-refractivity contribution is -0.123. The zero-order valence-corrected chi connectivity index (χ0v) is 17.3. The van der Waals surface area contributed by atoms with Crippen LogP contribution in [0.1, 0.15) is 5.76 Å². The quantitative estimate of drug-likeness (QED) is 0.298. The van der Waals surface area contributed by atoms with Crippen LogP contribution in [0, 0.1) is 0 Å². The number of hydrogen-bond acceptors (Lipinski definition) is 4. The Morgan fingerprint density at radius 1 is 0.903 bits per heavy atom. The van der Waals surface area contributed by atoms with E-state index in [0.29, 0.717) is 22.3 Å². The molecule has 1 aromatic heterocycles. The number of ether oxygens (including phenoxy) is 1. The number of carbonyl (C=O) groups excluding carboxylic acids is 1. The van der Waals surface area contributed by atoms with Gasteiger partial charge < -0.3 is 9.15 Å². The van der Waals surface area contributed by atoms with E-state index < -0.39 is 0 Å². The first-order valence-electron chi connectivity index (χ1n) is 9.64. The fourth-order valence-corrected chi connectivity index (χ4v) is 3.18. The molecule has 0 unspecified atom stereocenters. The van der Waals surface area contributed by atoms with Gasteiger partial charge in [-0.05, 0) is 47.5 Å². The molecule has 4 rings (SSSR count). The van der Waals surface area contributed by atoms with Gasteiger partial charge in [0.2, 0.25) is 0 Å². The number of nitrogens with zero attached hydrogens (tertiary/aromatic N) is 1. The van der Waals surface area contributed by atoms with Crippen LogP contribution in [0.2, 0.25) is 5.02 Å². The molecule has 0 bridgehead atoms. The molecule has 0 fully saturated rings. The van der Waals surface area contributed by atoms with Gasteiger partial charge in [-0.1, -0.05) is 66.2 Å². The predicted octanol–water partition coefficient (Wildman–Crippen LogP) is 5.80. The summed E-state index contributed by atoms with van der Waals surface area (Å²) in [5, 5.41) is 4.51. The molecule has 1 N–H and O–H groups in total. The van der Waals surface area contributed by atoms with Crippen molar-refractivity contribution in [1.29, 1.82) is 0 Å². The monoisotopic (exact) mass is 430 g/mol. The Morgan fingerprint density at radius 3 is 2.39 bits per heavy atom. The highest BCUT2D eigenvalue weighted by Gasteiger charge is 2.07. The minimum Gasteiger partial charge on any atom is -0.484 e. The topological polar surface area (TPSA) is 63.8 Å². The minimum atomic E-state index is -0.374. The number of hydrogen-bond donors (Lipinski definition) is 1. The van der Waals surface area contributed by atoms with Crippen molar-refractivity contribution in [3.8, 4) is 28.2 Å². The molecule has 3 aromatic carbocycles. The first-order valence-corrected chi connectivity index (χ1v) is 10.0. The Bertz CT molecular complexity index is 1180. The molecule has 0 spiro atoms. The first-order chi connectivity index (χ1) is 15.2. The second-order valence-electron chi connectivity index (χ2n) is 6.65. The van der Waals surface area contributed by atoms with E-state index in [-0.39, 0.29) is 12.5 Å². The number of furan rings is 1. The maximum absolute atomic E-state index is 12.0. The van der Waals surface area contributed by atoms with E-state index in [1.807, 2.05) is 72.8 Å². The van der Waals surface area contributed by atoms with Crippen LogP contribution in [0.5, 0.6) is 5.75 Å². The lowest BCUT2D eigenvalue weighted by Crippen LogP contribution is -2.24. The van der Waals surface area contributed by atoms with Gasteiger partial charge >= 0.3 is 0 Å². The van der Waals surface area contributed by atoms with E-state index in [2.05, 4.69) is 10.5 Å². The number of benzene rings is 3. The average Bonchev–Trinajstić information content (AvgIpc) is 3.27. The summed E-state index contributed by atoms with van der Waals surface area (Å²) in [4.78, 5) is 12.0. The molecule has 0 aliphatic rings. The van der Waals surface area contributed by atoms with Crippen LogP contribution < -0.4 is 10.2 Å². The van der Waals surface area contributed by atoms with E-state index in [1.54, 1.807) is 18.2 Å². The summed E-state index contributed by atoms with van der Waals surface area (Å²) >= 11 is 6.17. The number of amides is 1. The molecule has 5 nitrogen and oxygen atoms in total. The highest BCUT2D eigenvalue weighted by atomic mass is 35.5. The van der Waals surface area contributed by atoms with E-state index in [9.17, 15) is 4.79 Å². The van der Waals surface area contributed by atoms with Crippen molar-refractivity contribution in [2.45, 2.75) is 0 Å². The molecule has 0 saturated carbocycles. The summed E-state index contributed by atoms with van der Waals surface area (Å²) in [6.45, 7) is -0.148. The van der Waals surface area contributed by atoms with Gasteiger partial charge in [0.1, 0.15) is 17.3 Å². The van der Waals surface area contributed by atoms with Gasteiger partial charge in [0.15, 0.2) is 6.61 Å². The fourth-order valence-electron chi connectivity index (χ4n) is 2.95. The zero-order valence-electron chi connectivity index (χ0n) is 16.5. The number of rotatable bonds is 7. The lowest BCUT2D eigenvalue weighted by atomic mass is 10.1. The molecule has 0 radical (unpaired) electrons. The second-order valence-corrected chi connectivity index (χ2v) is 7.06. The van der Waals surface area contributed by atoms with Crippen molar-refractivity contribution in [3.63, 3.8) is 0 Å². The molecule has 0 saturated heterocycles. The van der Waals surface area contributed by atoms with Gasteiger partial charge in [-0.15, -0.1) is 0 Å². The normalized spacial score (nSPS) is 10.9. The fraction of sp³-hybridized carbons (Fsp3) is 0.0400. The summed E-state index contributed by atoms with van der Waals surface area (Å²) in [7, 11) is 0. The maximum atomic E-state index is 12.0. The first kappa shape index (κ1) is 20.4. The van der Waals surface area contributed by atoms with Crippen LogP contribution >= 0.6 is 11.6 Å². The van der Waals surface area contributed by atoms with Crippen LogP contribution in [-0.4, -0.2) is 18.7 Å². The predicted molar refractivity (Wildman–Crippen MR) is 122 cm³/mol. The molecule has 1 amide bonds. The summed E-state index contributed by atoms with van der Waals surface area (Å²) in [5.41, 5.74) is 5.41. The Morgan fingerprint density at radius 2 is 1.61 bits per heavy atom. The summed E-state index contributed by atoms with van der Waals surface area (Å²) in [6.07, 6.45) is 1.42. The smallest absolute Gasteiger partial charge is 0.277 e. The minimum absolute atomic E-state index is 0.148. The summed E-state index contributed by atoms with van der Waals surface area (Å²) in [6, 6.07) is 28.6. The van der Waals surface area contributed by atoms with Gasteiger partial charge in [0, 0.05) is 5.56 Å². The zero-order chi connectivity index (χ0) is 21.5. The number of hydrazone groups is 1. The number of nitrogens with one attached hydrogen (secondary N) is 1. The number of carbonyl (C=O) groups is 1. The Hall–Kier alpha value is -3.83. The third-order valence-corrected chi connectivity index (χ3v) is 4.81. The molecule has 4 aromatic rings. The van der Waals surface area contributed by atoms with Gasteiger partial charge in [0.05, 0.1) is 11.2 Å². The van der Waals surface area contributed by atoms with Crippen molar-refractivity contribution in [2.75, 3.05) is 6.61 Å². The van der Waals surface area contributed by atoms with Crippen molar-refractivity contribution in [1.82, 2.24) is 5.43 Å². The maximum Gasteiger partial charge on any atom is 0.277 e. The van der Waals surface area contributed by atoms with E-state index in [4.69, 9.17) is 20.8 Å². The largest absolute Gasteiger partial charge is 0.484 e. The third kappa shape index (κ3) is 5.41. The van der Waals surface area contributed by atoms with Crippen LogP contribution in [0.3, 0.4) is 0 Å². The van der Waals surface area contributed by atoms with E-state index in [1.165, 1.54) is 6.21 Å².